The number of amides is 2. The number of likely N-dealkylation sites (N-methyl/N-ethyl adjacent to an activating group) is 1. The summed E-state index contributed by atoms with van der Waals surface area (Å²) in [6.07, 6.45) is 3.27. The molecular weight excluding hydrogens is 600 g/mol. The van der Waals surface area contributed by atoms with Gasteiger partial charge in [0.15, 0.2) is 0 Å². The van der Waals surface area contributed by atoms with Crippen molar-refractivity contribution in [1.29, 1.82) is 0 Å². The largest absolute Gasteiger partial charge is 0.490 e. The zero-order chi connectivity index (χ0) is 34.5. The lowest BCUT2D eigenvalue weighted by atomic mass is 10.0. The third-order valence-electron chi connectivity index (χ3n) is 8.49. The van der Waals surface area contributed by atoms with Gasteiger partial charge in [-0.1, -0.05) is 19.1 Å². The monoisotopic (exact) mass is 654 g/mol. The summed E-state index contributed by atoms with van der Waals surface area (Å²) in [4.78, 5) is 44.1. The summed E-state index contributed by atoms with van der Waals surface area (Å²) in [6, 6.07) is 11.6. The van der Waals surface area contributed by atoms with Crippen molar-refractivity contribution in [3.05, 3.63) is 59.2 Å². The highest BCUT2D eigenvalue weighted by Gasteiger charge is 2.30. The molecular formula is C36H54N4O7. The molecule has 0 bridgehead atoms. The maximum Gasteiger partial charge on any atom is 0.335 e. The van der Waals surface area contributed by atoms with E-state index in [0.717, 1.165) is 37.8 Å². The van der Waals surface area contributed by atoms with Crippen molar-refractivity contribution >= 4 is 23.5 Å². The molecule has 260 valence electrons. The van der Waals surface area contributed by atoms with Gasteiger partial charge in [0, 0.05) is 44.3 Å². The number of nitrogens with one attached hydrogen (secondary N) is 1. The molecule has 3 N–H and O–H groups in total. The number of benzene rings is 2. The second-order valence-electron chi connectivity index (χ2n) is 13.2. The molecule has 2 aromatic rings. The number of anilines is 1. The van der Waals surface area contributed by atoms with E-state index in [1.807, 2.05) is 52.0 Å². The molecule has 1 heterocycles. The molecule has 2 aromatic carbocycles. The van der Waals surface area contributed by atoms with Crippen LogP contribution in [0, 0.1) is 5.92 Å². The van der Waals surface area contributed by atoms with E-state index in [4.69, 9.17) is 9.47 Å². The number of carboxylic acids is 1. The number of aliphatic hydroxyl groups is 1. The van der Waals surface area contributed by atoms with Crippen molar-refractivity contribution < 1.29 is 34.1 Å². The predicted octanol–water partition coefficient (Wildman–Crippen LogP) is 4.59. The highest BCUT2D eigenvalue weighted by molar-refractivity contribution is 5.99. The highest BCUT2D eigenvalue weighted by Crippen LogP contribution is 2.29. The Hall–Kier alpha value is -3.51. The molecule has 1 aliphatic heterocycles. The van der Waals surface area contributed by atoms with Crippen molar-refractivity contribution in [3.63, 3.8) is 0 Å². The Kier molecular flexibility index (Phi) is 15.1. The van der Waals surface area contributed by atoms with Crippen molar-refractivity contribution in [2.45, 2.75) is 77.7 Å². The van der Waals surface area contributed by atoms with Gasteiger partial charge in [-0.15, -0.1) is 0 Å². The number of rotatable bonds is 12. The van der Waals surface area contributed by atoms with E-state index in [9.17, 15) is 24.6 Å². The summed E-state index contributed by atoms with van der Waals surface area (Å²) in [7, 11) is 5.93. The first-order valence-corrected chi connectivity index (χ1v) is 16.7. The molecule has 0 aromatic heterocycles. The van der Waals surface area contributed by atoms with E-state index in [1.54, 1.807) is 35.2 Å². The van der Waals surface area contributed by atoms with Gasteiger partial charge >= 0.3 is 5.97 Å². The minimum atomic E-state index is -0.955. The summed E-state index contributed by atoms with van der Waals surface area (Å²) >= 11 is 0. The summed E-state index contributed by atoms with van der Waals surface area (Å²) in [6.45, 7) is 8.54. The second kappa shape index (κ2) is 18.7. The topological polar surface area (TPSA) is 132 Å². The molecule has 0 saturated heterocycles. The summed E-state index contributed by atoms with van der Waals surface area (Å²) in [5.74, 6) is -0.995. The van der Waals surface area contributed by atoms with Gasteiger partial charge in [-0.2, -0.15) is 0 Å². The second-order valence-corrected chi connectivity index (χ2v) is 13.2. The number of hydrogen-bond acceptors (Lipinski definition) is 8. The number of carbonyl (C=O) groups excluding carboxylic acids is 2. The van der Waals surface area contributed by atoms with Gasteiger partial charge in [0.1, 0.15) is 5.75 Å². The Morgan fingerprint density at radius 3 is 2.47 bits per heavy atom. The van der Waals surface area contributed by atoms with Gasteiger partial charge in [0.25, 0.3) is 5.91 Å². The van der Waals surface area contributed by atoms with Crippen LogP contribution in [0.5, 0.6) is 5.75 Å². The van der Waals surface area contributed by atoms with Crippen LogP contribution in [0.3, 0.4) is 0 Å². The Morgan fingerprint density at radius 2 is 1.81 bits per heavy atom. The average Bonchev–Trinajstić information content (AvgIpc) is 3.02. The zero-order valence-corrected chi connectivity index (χ0v) is 28.9. The minimum Gasteiger partial charge on any atom is -0.490 e. The standard InChI is InChI=1S/C36H54N4O7/c1-25-21-40(26(2)24-41)35(43)31-20-30(37-34(42)11-9-18-38(4)5)16-17-32(31)47-27(3)10-7-8-19-46-33(25)23-39(6)22-28-12-14-29(15-13-28)36(44)45/h12-17,20,25-27,33,41H,7-11,18-19,21-24H2,1-6H3,(H,37,42)(H,44,45)/t25-,26+,27+,33-/m0/s1. The van der Waals surface area contributed by atoms with Crippen LogP contribution in [0.4, 0.5) is 5.69 Å². The Labute approximate surface area is 279 Å². The average molecular weight is 655 g/mol. The number of nitrogens with zero attached hydrogens (tertiary/aromatic N) is 3. The summed E-state index contributed by atoms with van der Waals surface area (Å²) in [5, 5.41) is 22.4. The Morgan fingerprint density at radius 1 is 1.09 bits per heavy atom. The van der Waals surface area contributed by atoms with Crippen LogP contribution in [0.2, 0.25) is 0 Å². The molecule has 0 unspecified atom stereocenters. The number of carboxylic acid groups (broad SMARTS) is 1. The van der Waals surface area contributed by atoms with Crippen molar-refractivity contribution in [3.8, 4) is 5.75 Å². The molecule has 0 saturated carbocycles. The maximum atomic E-state index is 14.3. The van der Waals surface area contributed by atoms with Gasteiger partial charge in [-0.25, -0.2) is 4.79 Å². The number of fused-ring (bicyclic) bond motifs is 1. The molecule has 0 aliphatic carbocycles. The van der Waals surface area contributed by atoms with E-state index in [-0.39, 0.29) is 42.1 Å². The van der Waals surface area contributed by atoms with Gasteiger partial charge in [0.05, 0.1) is 36.0 Å². The molecule has 11 nitrogen and oxygen atoms in total. The molecule has 3 rings (SSSR count). The van der Waals surface area contributed by atoms with Crippen LogP contribution >= 0.6 is 0 Å². The Bertz CT molecular complexity index is 1300. The van der Waals surface area contributed by atoms with Crippen LogP contribution in [0.1, 0.15) is 79.2 Å². The first kappa shape index (κ1) is 37.9. The lowest BCUT2D eigenvalue weighted by Crippen LogP contribution is -2.47. The third-order valence-corrected chi connectivity index (χ3v) is 8.49. The van der Waals surface area contributed by atoms with Crippen LogP contribution in [0.15, 0.2) is 42.5 Å². The van der Waals surface area contributed by atoms with Crippen molar-refractivity contribution in [2.75, 3.05) is 59.3 Å². The lowest BCUT2D eigenvalue weighted by Gasteiger charge is -2.36. The predicted molar refractivity (Wildman–Crippen MR) is 183 cm³/mol. The molecule has 47 heavy (non-hydrogen) atoms. The van der Waals surface area contributed by atoms with Crippen molar-refractivity contribution in [1.82, 2.24) is 14.7 Å². The maximum absolute atomic E-state index is 14.3. The fourth-order valence-electron chi connectivity index (χ4n) is 5.68. The van der Waals surface area contributed by atoms with Crippen molar-refractivity contribution in [2.24, 2.45) is 5.92 Å². The first-order valence-electron chi connectivity index (χ1n) is 16.7. The number of carbonyl (C=O) groups is 3. The molecule has 4 atom stereocenters. The molecule has 2 amide bonds. The van der Waals surface area contributed by atoms with Crippen LogP contribution in [0.25, 0.3) is 0 Å². The van der Waals surface area contributed by atoms with Crippen LogP contribution in [-0.2, 0) is 16.1 Å². The van der Waals surface area contributed by atoms with E-state index in [1.165, 1.54) is 0 Å². The first-order chi connectivity index (χ1) is 22.4. The summed E-state index contributed by atoms with van der Waals surface area (Å²) in [5.41, 5.74) is 2.10. The molecule has 0 fully saturated rings. The smallest absolute Gasteiger partial charge is 0.335 e. The van der Waals surface area contributed by atoms with E-state index >= 15 is 0 Å². The molecule has 0 radical (unpaired) electrons. The number of aromatic carboxylic acids is 1. The fraction of sp³-hybridized carbons (Fsp3) is 0.583. The van der Waals surface area contributed by atoms with Gasteiger partial charge < -0.3 is 34.8 Å². The number of aliphatic hydroxyl groups excluding tert-OH is 1. The van der Waals surface area contributed by atoms with Gasteiger partial charge in [-0.05, 0) is 103 Å². The SMILES string of the molecule is C[C@@H]1CCCCO[C@@H](CN(C)Cc2ccc(C(=O)O)cc2)[C@@H](C)CN([C@H](C)CO)C(=O)c2cc(NC(=O)CCCN(C)C)ccc2O1. The van der Waals surface area contributed by atoms with E-state index in [0.29, 0.717) is 49.7 Å². The quantitative estimate of drug-likeness (QED) is 0.301. The van der Waals surface area contributed by atoms with Crippen LogP contribution in [-0.4, -0.2) is 115 Å². The number of hydrogen-bond donors (Lipinski definition) is 3. The van der Waals surface area contributed by atoms with E-state index < -0.39 is 12.0 Å². The highest BCUT2D eigenvalue weighted by atomic mass is 16.5. The fourth-order valence-corrected chi connectivity index (χ4v) is 5.68. The molecule has 11 heteroatoms. The molecule has 0 spiro atoms. The minimum absolute atomic E-state index is 0.0874. The van der Waals surface area contributed by atoms with Gasteiger partial charge in [0.2, 0.25) is 5.91 Å². The zero-order valence-electron chi connectivity index (χ0n) is 28.9. The summed E-state index contributed by atoms with van der Waals surface area (Å²) < 4.78 is 12.8. The molecule has 1 aliphatic rings. The lowest BCUT2D eigenvalue weighted by molar-refractivity contribution is -0.116. The van der Waals surface area contributed by atoms with Crippen LogP contribution < -0.4 is 10.1 Å². The third kappa shape index (κ3) is 12.2. The number of ether oxygens (including phenoxy) is 2. The van der Waals surface area contributed by atoms with Gasteiger partial charge in [-0.3, -0.25) is 14.5 Å². The Balaban J connectivity index is 1.85. The normalized spacial score (nSPS) is 20.3. The van der Waals surface area contributed by atoms with E-state index in [2.05, 4.69) is 17.1 Å².